The average molecular weight is 295 g/mol. The van der Waals surface area contributed by atoms with Gasteiger partial charge in [-0.25, -0.2) is 0 Å². The van der Waals surface area contributed by atoms with Crippen LogP contribution in [-0.2, 0) is 4.74 Å². The highest BCUT2D eigenvalue weighted by Crippen LogP contribution is 2.33. The van der Waals surface area contributed by atoms with Crippen LogP contribution in [0.25, 0.3) is 0 Å². The van der Waals surface area contributed by atoms with Crippen LogP contribution in [-0.4, -0.2) is 12.2 Å². The Kier molecular flexibility index (Phi) is 10.9. The lowest BCUT2D eigenvalue weighted by molar-refractivity contribution is 0.328. The molecule has 1 atom stereocenters. The van der Waals surface area contributed by atoms with Crippen LogP contribution in [0.1, 0.15) is 103 Å². The summed E-state index contributed by atoms with van der Waals surface area (Å²) in [5.41, 5.74) is 0.0944. The molecule has 124 valence electrons. The van der Waals surface area contributed by atoms with Gasteiger partial charge < -0.3 is 4.74 Å². The Bertz CT molecular complexity index is 242. The normalized spacial score (nSPS) is 20.6. The minimum Gasteiger partial charge on any atom is -0.365 e. The summed E-state index contributed by atoms with van der Waals surface area (Å²) >= 11 is 0. The molecule has 0 aromatic carbocycles. The van der Waals surface area contributed by atoms with Gasteiger partial charge in [-0.3, -0.25) is 0 Å². The number of unbranched alkanes of at least 4 members (excludes halogenated alkanes) is 13. The fraction of sp³-hybridized carbons (Fsp3) is 0.900. The number of epoxide rings is 1. The molecule has 1 aliphatic heterocycles. The molecule has 0 aliphatic carbocycles. The minimum atomic E-state index is 0.0944. The van der Waals surface area contributed by atoms with Gasteiger partial charge in [0, 0.05) is 0 Å². The molecule has 21 heavy (non-hydrogen) atoms. The van der Waals surface area contributed by atoms with E-state index in [1.807, 2.05) is 6.08 Å². The average Bonchev–Trinajstić information content (AvgIpc) is 3.28. The van der Waals surface area contributed by atoms with Gasteiger partial charge in [0.1, 0.15) is 5.60 Å². The number of hydrogen-bond donors (Lipinski definition) is 0. The molecule has 1 heterocycles. The maximum atomic E-state index is 5.44. The van der Waals surface area contributed by atoms with E-state index in [0.717, 1.165) is 6.61 Å². The van der Waals surface area contributed by atoms with Crippen molar-refractivity contribution in [2.75, 3.05) is 6.61 Å². The zero-order valence-electron chi connectivity index (χ0n) is 14.5. The highest BCUT2D eigenvalue weighted by atomic mass is 16.6. The molecule has 1 aliphatic rings. The molecule has 1 rings (SSSR count). The SMILES string of the molecule is C=C[C@@]1(CCCCCCCCCCCCCCCC)CO1. The fourth-order valence-electron chi connectivity index (χ4n) is 3.08. The van der Waals surface area contributed by atoms with Gasteiger partial charge in [0.05, 0.1) is 6.61 Å². The Balaban J connectivity index is 1.68. The second-order valence-corrected chi connectivity index (χ2v) is 6.90. The second kappa shape index (κ2) is 12.3. The largest absolute Gasteiger partial charge is 0.365 e. The quantitative estimate of drug-likeness (QED) is 0.173. The van der Waals surface area contributed by atoms with E-state index in [1.165, 1.54) is 96.3 Å². The predicted octanol–water partition coefficient (Wildman–Crippen LogP) is 6.81. The van der Waals surface area contributed by atoms with E-state index >= 15 is 0 Å². The van der Waals surface area contributed by atoms with Crippen molar-refractivity contribution < 1.29 is 4.74 Å². The molecule has 0 spiro atoms. The van der Waals surface area contributed by atoms with Crippen LogP contribution in [0.2, 0.25) is 0 Å². The van der Waals surface area contributed by atoms with E-state index in [2.05, 4.69) is 13.5 Å². The van der Waals surface area contributed by atoms with Gasteiger partial charge in [-0.15, -0.1) is 6.58 Å². The molecule has 0 aromatic heterocycles. The van der Waals surface area contributed by atoms with Crippen LogP contribution in [0.4, 0.5) is 0 Å². The highest BCUT2D eigenvalue weighted by molar-refractivity contribution is 5.06. The summed E-state index contributed by atoms with van der Waals surface area (Å²) in [6, 6.07) is 0. The van der Waals surface area contributed by atoms with Gasteiger partial charge in [0.25, 0.3) is 0 Å². The van der Waals surface area contributed by atoms with Crippen molar-refractivity contribution in [2.24, 2.45) is 0 Å². The molecule has 1 fully saturated rings. The molecular weight excluding hydrogens is 256 g/mol. The first-order valence-electron chi connectivity index (χ1n) is 9.60. The van der Waals surface area contributed by atoms with Gasteiger partial charge in [-0.05, 0) is 6.42 Å². The third-order valence-corrected chi connectivity index (χ3v) is 4.84. The van der Waals surface area contributed by atoms with Crippen LogP contribution < -0.4 is 0 Å². The summed E-state index contributed by atoms with van der Waals surface area (Å²) < 4.78 is 5.44. The predicted molar refractivity (Wildman–Crippen MR) is 93.8 cm³/mol. The molecule has 1 saturated heterocycles. The molecular formula is C20H38O. The molecule has 0 aromatic rings. The minimum absolute atomic E-state index is 0.0944. The van der Waals surface area contributed by atoms with Crippen molar-refractivity contribution in [3.05, 3.63) is 12.7 Å². The first kappa shape index (κ1) is 18.7. The Morgan fingerprint density at radius 1 is 0.762 bits per heavy atom. The third-order valence-electron chi connectivity index (χ3n) is 4.84. The van der Waals surface area contributed by atoms with E-state index in [4.69, 9.17) is 4.74 Å². The third kappa shape index (κ3) is 10.1. The molecule has 0 radical (unpaired) electrons. The van der Waals surface area contributed by atoms with Crippen LogP contribution in [0, 0.1) is 0 Å². The van der Waals surface area contributed by atoms with Crippen molar-refractivity contribution in [2.45, 2.75) is 109 Å². The summed E-state index contributed by atoms with van der Waals surface area (Å²) in [7, 11) is 0. The van der Waals surface area contributed by atoms with Crippen LogP contribution in [0.15, 0.2) is 12.7 Å². The molecule has 0 bridgehead atoms. The van der Waals surface area contributed by atoms with Gasteiger partial charge in [-0.1, -0.05) is 103 Å². The van der Waals surface area contributed by atoms with E-state index < -0.39 is 0 Å². The highest BCUT2D eigenvalue weighted by Gasteiger charge is 2.40. The molecule has 0 saturated carbocycles. The first-order valence-corrected chi connectivity index (χ1v) is 9.60. The lowest BCUT2D eigenvalue weighted by atomic mass is 10.0. The van der Waals surface area contributed by atoms with Gasteiger partial charge in [0.2, 0.25) is 0 Å². The number of ether oxygens (including phenoxy) is 1. The summed E-state index contributed by atoms with van der Waals surface area (Å²) in [5, 5.41) is 0. The van der Waals surface area contributed by atoms with E-state index in [1.54, 1.807) is 0 Å². The summed E-state index contributed by atoms with van der Waals surface area (Å²) in [6.07, 6.45) is 23.2. The monoisotopic (exact) mass is 294 g/mol. The van der Waals surface area contributed by atoms with E-state index in [0.29, 0.717) is 0 Å². The standard InChI is InChI=1S/C20H38O/c1-3-5-6-7-8-9-10-11-12-13-14-15-16-17-18-20(4-2)19-21-20/h4H,2-3,5-19H2,1H3/t20-/m1/s1. The van der Waals surface area contributed by atoms with Crippen molar-refractivity contribution >= 4 is 0 Å². The molecule has 0 N–H and O–H groups in total. The topological polar surface area (TPSA) is 12.5 Å². The fourth-order valence-corrected chi connectivity index (χ4v) is 3.08. The zero-order chi connectivity index (χ0) is 15.2. The second-order valence-electron chi connectivity index (χ2n) is 6.90. The number of hydrogen-bond acceptors (Lipinski definition) is 1. The molecule has 1 nitrogen and oxygen atoms in total. The molecule has 1 heteroatoms. The summed E-state index contributed by atoms with van der Waals surface area (Å²) in [6.45, 7) is 7.05. The smallest absolute Gasteiger partial charge is 0.109 e. The van der Waals surface area contributed by atoms with Crippen LogP contribution in [0.5, 0.6) is 0 Å². The Labute approximate surface area is 133 Å². The van der Waals surface area contributed by atoms with Crippen molar-refractivity contribution in [1.82, 2.24) is 0 Å². The maximum absolute atomic E-state index is 5.44. The van der Waals surface area contributed by atoms with Crippen molar-refractivity contribution in [3.63, 3.8) is 0 Å². The molecule has 0 unspecified atom stereocenters. The Hall–Kier alpha value is -0.300. The van der Waals surface area contributed by atoms with Gasteiger partial charge >= 0.3 is 0 Å². The lowest BCUT2D eigenvalue weighted by Gasteiger charge is -2.06. The van der Waals surface area contributed by atoms with E-state index in [9.17, 15) is 0 Å². The van der Waals surface area contributed by atoms with Crippen LogP contribution >= 0.6 is 0 Å². The zero-order valence-corrected chi connectivity index (χ0v) is 14.5. The van der Waals surface area contributed by atoms with Crippen molar-refractivity contribution in [1.29, 1.82) is 0 Å². The van der Waals surface area contributed by atoms with Gasteiger partial charge in [-0.2, -0.15) is 0 Å². The Morgan fingerprint density at radius 3 is 1.48 bits per heavy atom. The molecule has 0 amide bonds. The first-order chi connectivity index (χ1) is 10.3. The summed E-state index contributed by atoms with van der Waals surface area (Å²) in [4.78, 5) is 0. The van der Waals surface area contributed by atoms with Crippen molar-refractivity contribution in [3.8, 4) is 0 Å². The van der Waals surface area contributed by atoms with Crippen LogP contribution in [0.3, 0.4) is 0 Å². The van der Waals surface area contributed by atoms with E-state index in [-0.39, 0.29) is 5.60 Å². The van der Waals surface area contributed by atoms with Gasteiger partial charge in [0.15, 0.2) is 0 Å². The summed E-state index contributed by atoms with van der Waals surface area (Å²) in [5.74, 6) is 0. The Morgan fingerprint density at radius 2 is 1.14 bits per heavy atom. The maximum Gasteiger partial charge on any atom is 0.109 e. The lowest BCUT2D eigenvalue weighted by Crippen LogP contribution is -2.05. The number of rotatable bonds is 16.